The van der Waals surface area contributed by atoms with Crippen LogP contribution in [0.2, 0.25) is 0 Å². The molecule has 5 heteroatoms. The first kappa shape index (κ1) is 12.4. The van der Waals surface area contributed by atoms with E-state index >= 15 is 0 Å². The Bertz CT molecular complexity index is 568. The summed E-state index contributed by atoms with van der Waals surface area (Å²) in [5.41, 5.74) is 2.40. The number of rotatable bonds is 3. The molecule has 1 unspecified atom stereocenters. The van der Waals surface area contributed by atoms with Gasteiger partial charge in [0.2, 0.25) is 5.95 Å². The lowest BCUT2D eigenvalue weighted by molar-refractivity contribution is 0.253. The van der Waals surface area contributed by atoms with Gasteiger partial charge >= 0.3 is 0 Å². The Kier molecular flexibility index (Phi) is 3.14. The molecule has 0 aromatic carbocycles. The zero-order valence-electron chi connectivity index (χ0n) is 11.6. The summed E-state index contributed by atoms with van der Waals surface area (Å²) in [6, 6.07) is 4.08. The molecule has 0 radical (unpaired) electrons. The van der Waals surface area contributed by atoms with Gasteiger partial charge in [-0.15, -0.1) is 5.10 Å². The van der Waals surface area contributed by atoms with Gasteiger partial charge in [0.15, 0.2) is 5.65 Å². The van der Waals surface area contributed by atoms with E-state index in [1.807, 2.05) is 22.8 Å². The molecule has 5 nitrogen and oxygen atoms in total. The number of hydrogen-bond donors (Lipinski definition) is 2. The molecule has 0 spiro atoms. The van der Waals surface area contributed by atoms with Crippen molar-refractivity contribution in [2.45, 2.75) is 26.7 Å². The lowest BCUT2D eigenvalue weighted by Gasteiger charge is -2.34. The summed E-state index contributed by atoms with van der Waals surface area (Å²) in [7, 11) is 0. The van der Waals surface area contributed by atoms with Crippen LogP contribution < -0.4 is 10.6 Å². The van der Waals surface area contributed by atoms with Crippen LogP contribution in [-0.4, -0.2) is 34.2 Å². The fraction of sp³-hybridized carbons (Fsp3) is 0.571. The number of aromatic nitrogens is 3. The number of piperidine rings is 1. The highest BCUT2D eigenvalue weighted by atomic mass is 15.3. The molecule has 1 aliphatic rings. The largest absolute Gasteiger partial charge is 0.352 e. The molecule has 1 saturated heterocycles. The molecule has 1 fully saturated rings. The molecule has 0 aliphatic carbocycles. The second kappa shape index (κ2) is 4.81. The van der Waals surface area contributed by atoms with E-state index in [0.717, 1.165) is 31.2 Å². The summed E-state index contributed by atoms with van der Waals surface area (Å²) in [5.74, 6) is 0.720. The third-order valence-electron chi connectivity index (χ3n) is 3.85. The van der Waals surface area contributed by atoms with E-state index in [-0.39, 0.29) is 0 Å². The van der Waals surface area contributed by atoms with Crippen molar-refractivity contribution in [3.63, 3.8) is 0 Å². The molecule has 3 heterocycles. The maximum atomic E-state index is 4.51. The van der Waals surface area contributed by atoms with Gasteiger partial charge in [0.25, 0.3) is 0 Å². The normalized spacial score (nSPS) is 23.7. The van der Waals surface area contributed by atoms with E-state index in [1.54, 1.807) is 0 Å². The van der Waals surface area contributed by atoms with Gasteiger partial charge in [-0.25, -0.2) is 4.52 Å². The van der Waals surface area contributed by atoms with E-state index in [2.05, 4.69) is 34.6 Å². The first-order chi connectivity index (χ1) is 9.15. The number of nitrogens with one attached hydrogen (secondary N) is 2. The van der Waals surface area contributed by atoms with E-state index < -0.39 is 0 Å². The monoisotopic (exact) mass is 259 g/mol. The van der Waals surface area contributed by atoms with Gasteiger partial charge in [-0.2, -0.15) is 4.98 Å². The summed E-state index contributed by atoms with van der Waals surface area (Å²) < 4.78 is 1.82. The lowest BCUT2D eigenvalue weighted by Crippen LogP contribution is -2.42. The van der Waals surface area contributed by atoms with E-state index in [4.69, 9.17) is 0 Å². The number of anilines is 1. The van der Waals surface area contributed by atoms with Crippen molar-refractivity contribution in [2.75, 3.05) is 25.0 Å². The molecule has 1 aliphatic heterocycles. The van der Waals surface area contributed by atoms with Crippen LogP contribution in [0.4, 0.5) is 5.95 Å². The van der Waals surface area contributed by atoms with Crippen LogP contribution in [0.5, 0.6) is 0 Å². The number of aryl methyl sites for hydroxylation is 1. The lowest BCUT2D eigenvalue weighted by atomic mass is 9.83. The SMILES string of the molecule is Cc1ccn2nc(NCC3(C)CCCNC3)nc2c1. The highest BCUT2D eigenvalue weighted by Crippen LogP contribution is 2.25. The molecule has 1 atom stereocenters. The zero-order valence-corrected chi connectivity index (χ0v) is 11.6. The minimum atomic E-state index is 0.297. The maximum Gasteiger partial charge on any atom is 0.243 e. The topological polar surface area (TPSA) is 54.2 Å². The Morgan fingerprint density at radius 1 is 1.53 bits per heavy atom. The van der Waals surface area contributed by atoms with Crippen molar-refractivity contribution in [2.24, 2.45) is 5.41 Å². The van der Waals surface area contributed by atoms with Gasteiger partial charge in [0.1, 0.15) is 0 Å². The van der Waals surface area contributed by atoms with Gasteiger partial charge in [-0.05, 0) is 49.4 Å². The van der Waals surface area contributed by atoms with E-state index in [0.29, 0.717) is 5.41 Å². The number of pyridine rings is 1. The Morgan fingerprint density at radius 2 is 2.42 bits per heavy atom. The van der Waals surface area contributed by atoms with Crippen LogP contribution in [0.3, 0.4) is 0 Å². The standard InChI is InChI=1S/C14H21N5/c1-11-4-7-19-12(8-11)17-13(18-19)16-10-14(2)5-3-6-15-9-14/h4,7-8,15H,3,5-6,9-10H2,1-2H3,(H,16,18). The van der Waals surface area contributed by atoms with Gasteiger partial charge in [-0.1, -0.05) is 6.92 Å². The third-order valence-corrected chi connectivity index (χ3v) is 3.85. The average Bonchev–Trinajstić information content (AvgIpc) is 2.79. The molecule has 3 rings (SSSR count). The highest BCUT2D eigenvalue weighted by molar-refractivity contribution is 5.45. The summed E-state index contributed by atoms with van der Waals surface area (Å²) in [6.07, 6.45) is 4.45. The zero-order chi connectivity index (χ0) is 13.3. The summed E-state index contributed by atoms with van der Waals surface area (Å²) >= 11 is 0. The highest BCUT2D eigenvalue weighted by Gasteiger charge is 2.26. The summed E-state index contributed by atoms with van der Waals surface area (Å²) in [4.78, 5) is 4.51. The average molecular weight is 259 g/mol. The van der Waals surface area contributed by atoms with Crippen molar-refractivity contribution in [1.82, 2.24) is 19.9 Å². The molecular formula is C14H21N5. The fourth-order valence-electron chi connectivity index (χ4n) is 2.62. The summed E-state index contributed by atoms with van der Waals surface area (Å²) in [6.45, 7) is 7.49. The molecule has 102 valence electrons. The molecule has 0 bridgehead atoms. The Hall–Kier alpha value is -1.62. The molecule has 2 aromatic rings. The fourth-order valence-corrected chi connectivity index (χ4v) is 2.62. The quantitative estimate of drug-likeness (QED) is 0.883. The first-order valence-electron chi connectivity index (χ1n) is 6.92. The minimum absolute atomic E-state index is 0.297. The molecule has 2 N–H and O–H groups in total. The van der Waals surface area contributed by atoms with Gasteiger partial charge < -0.3 is 10.6 Å². The Labute approximate surface area is 113 Å². The Morgan fingerprint density at radius 3 is 3.21 bits per heavy atom. The van der Waals surface area contributed by atoms with Crippen LogP contribution in [0.25, 0.3) is 5.65 Å². The number of hydrogen-bond acceptors (Lipinski definition) is 4. The molecule has 0 saturated carbocycles. The number of nitrogens with zero attached hydrogens (tertiary/aromatic N) is 3. The summed E-state index contributed by atoms with van der Waals surface area (Å²) in [5, 5.41) is 11.3. The van der Waals surface area contributed by atoms with Crippen LogP contribution >= 0.6 is 0 Å². The van der Waals surface area contributed by atoms with Gasteiger partial charge in [0, 0.05) is 19.3 Å². The van der Waals surface area contributed by atoms with Crippen molar-refractivity contribution in [1.29, 1.82) is 0 Å². The smallest absolute Gasteiger partial charge is 0.243 e. The van der Waals surface area contributed by atoms with Crippen LogP contribution in [-0.2, 0) is 0 Å². The predicted molar refractivity (Wildman–Crippen MR) is 76.4 cm³/mol. The van der Waals surface area contributed by atoms with Crippen LogP contribution in [0.15, 0.2) is 18.3 Å². The van der Waals surface area contributed by atoms with Gasteiger partial charge in [-0.3, -0.25) is 0 Å². The number of fused-ring (bicyclic) bond motifs is 1. The van der Waals surface area contributed by atoms with Crippen LogP contribution in [0.1, 0.15) is 25.3 Å². The Balaban J connectivity index is 1.71. The maximum absolute atomic E-state index is 4.51. The van der Waals surface area contributed by atoms with Gasteiger partial charge in [0.05, 0.1) is 0 Å². The minimum Gasteiger partial charge on any atom is -0.352 e. The molecule has 19 heavy (non-hydrogen) atoms. The van der Waals surface area contributed by atoms with E-state index in [1.165, 1.54) is 18.4 Å². The first-order valence-corrected chi connectivity index (χ1v) is 6.92. The predicted octanol–water partition coefficient (Wildman–Crippen LogP) is 1.84. The van der Waals surface area contributed by atoms with Crippen molar-refractivity contribution >= 4 is 11.6 Å². The van der Waals surface area contributed by atoms with Crippen molar-refractivity contribution in [3.8, 4) is 0 Å². The molecular weight excluding hydrogens is 238 g/mol. The van der Waals surface area contributed by atoms with Crippen molar-refractivity contribution < 1.29 is 0 Å². The second-order valence-corrected chi connectivity index (χ2v) is 5.89. The second-order valence-electron chi connectivity index (χ2n) is 5.89. The van der Waals surface area contributed by atoms with Crippen molar-refractivity contribution in [3.05, 3.63) is 23.9 Å². The molecule has 0 amide bonds. The van der Waals surface area contributed by atoms with E-state index in [9.17, 15) is 0 Å². The van der Waals surface area contributed by atoms with Crippen LogP contribution in [0, 0.1) is 12.3 Å². The third kappa shape index (κ3) is 2.71. The molecule has 2 aromatic heterocycles.